The quantitative estimate of drug-likeness (QED) is 0.516. The van der Waals surface area contributed by atoms with E-state index < -0.39 is 6.04 Å². The minimum absolute atomic E-state index is 0.336. The van der Waals surface area contributed by atoms with E-state index in [1.807, 2.05) is 19.1 Å². The fraction of sp³-hybridized carbons (Fsp3) is 0.304. The lowest BCUT2D eigenvalue weighted by molar-refractivity contribution is -0.113. The first-order valence-electron chi connectivity index (χ1n) is 10.6. The van der Waals surface area contributed by atoms with E-state index >= 15 is 0 Å². The van der Waals surface area contributed by atoms with Gasteiger partial charge in [-0.25, -0.2) is 0 Å². The molecule has 11 heteroatoms. The van der Waals surface area contributed by atoms with Crippen molar-refractivity contribution in [2.24, 2.45) is 0 Å². The number of tetrazole rings is 1. The standard InChI is InChI=1S/C23H26N6O5/c1-6-34-16-10-8-7-9-15(16)25-22(30)19-13(2)24-23-26-27-28-29(23)20(19)14-11-17(31-3)21(33-5)18(12-14)32-4/h7-12,20H,6H2,1-5H3,(H,25,30)(H,24,26,28). The predicted molar refractivity (Wildman–Crippen MR) is 125 cm³/mol. The van der Waals surface area contributed by atoms with Crippen LogP contribution in [0, 0.1) is 0 Å². The Balaban J connectivity index is 1.82. The number of fused-ring (bicyclic) bond motifs is 1. The van der Waals surface area contributed by atoms with E-state index in [1.54, 1.807) is 31.2 Å². The number of methoxy groups -OCH3 is 3. The molecule has 178 valence electrons. The van der Waals surface area contributed by atoms with Crippen LogP contribution in [0.5, 0.6) is 23.0 Å². The third-order valence-corrected chi connectivity index (χ3v) is 5.40. The number of allylic oxidation sites excluding steroid dienone is 1. The number of nitrogens with zero attached hydrogens (tertiary/aromatic N) is 4. The molecule has 1 amide bonds. The van der Waals surface area contributed by atoms with Gasteiger partial charge in [-0.2, -0.15) is 4.68 Å². The van der Waals surface area contributed by atoms with Crippen LogP contribution in [0.4, 0.5) is 11.6 Å². The van der Waals surface area contributed by atoms with Crippen molar-refractivity contribution < 1.29 is 23.7 Å². The van der Waals surface area contributed by atoms with Crippen LogP contribution in [0.15, 0.2) is 47.7 Å². The summed E-state index contributed by atoms with van der Waals surface area (Å²) in [5, 5.41) is 18.0. The summed E-state index contributed by atoms with van der Waals surface area (Å²) in [6, 6.07) is 10.1. The van der Waals surface area contributed by atoms with E-state index in [2.05, 4.69) is 26.2 Å². The summed E-state index contributed by atoms with van der Waals surface area (Å²) < 4.78 is 23.7. The molecular weight excluding hydrogens is 440 g/mol. The number of carbonyl (C=O) groups is 1. The number of carbonyl (C=O) groups excluding carboxylic acids is 1. The van der Waals surface area contributed by atoms with Gasteiger partial charge in [0.05, 0.1) is 39.2 Å². The van der Waals surface area contributed by atoms with E-state index in [1.165, 1.54) is 26.0 Å². The predicted octanol–water partition coefficient (Wildman–Crippen LogP) is 3.03. The Morgan fingerprint density at radius 2 is 1.79 bits per heavy atom. The largest absolute Gasteiger partial charge is 0.493 e. The van der Waals surface area contributed by atoms with Crippen molar-refractivity contribution in [1.82, 2.24) is 20.2 Å². The number of amides is 1. The molecule has 1 aliphatic rings. The molecule has 1 atom stereocenters. The van der Waals surface area contributed by atoms with Crippen molar-refractivity contribution in [1.29, 1.82) is 0 Å². The summed E-state index contributed by atoms with van der Waals surface area (Å²) in [7, 11) is 4.60. The van der Waals surface area contributed by atoms with Gasteiger partial charge in [0.2, 0.25) is 11.7 Å². The Labute approximate surface area is 196 Å². The molecule has 4 rings (SSSR count). The highest BCUT2D eigenvalue weighted by Crippen LogP contribution is 2.43. The number of ether oxygens (including phenoxy) is 4. The minimum Gasteiger partial charge on any atom is -0.493 e. The fourth-order valence-electron chi connectivity index (χ4n) is 3.91. The topological polar surface area (TPSA) is 122 Å². The molecule has 0 fully saturated rings. The van der Waals surface area contributed by atoms with Crippen LogP contribution >= 0.6 is 0 Å². The Hall–Kier alpha value is -4.28. The number of aromatic nitrogens is 4. The van der Waals surface area contributed by atoms with Gasteiger partial charge < -0.3 is 29.6 Å². The van der Waals surface area contributed by atoms with Crippen molar-refractivity contribution in [3.8, 4) is 23.0 Å². The monoisotopic (exact) mass is 466 g/mol. The van der Waals surface area contributed by atoms with Crippen LogP contribution in [0.3, 0.4) is 0 Å². The second kappa shape index (κ2) is 9.69. The van der Waals surface area contributed by atoms with Gasteiger partial charge in [0, 0.05) is 5.70 Å². The van der Waals surface area contributed by atoms with Crippen molar-refractivity contribution in [2.45, 2.75) is 19.9 Å². The van der Waals surface area contributed by atoms with Crippen LogP contribution in [0.25, 0.3) is 0 Å². The van der Waals surface area contributed by atoms with Crippen LogP contribution in [0.1, 0.15) is 25.5 Å². The van der Waals surface area contributed by atoms with Gasteiger partial charge in [0.15, 0.2) is 11.5 Å². The molecule has 11 nitrogen and oxygen atoms in total. The smallest absolute Gasteiger partial charge is 0.255 e. The lowest BCUT2D eigenvalue weighted by atomic mass is 9.94. The van der Waals surface area contributed by atoms with E-state index in [4.69, 9.17) is 18.9 Å². The molecule has 1 aliphatic heterocycles. The summed E-state index contributed by atoms with van der Waals surface area (Å²) in [6.07, 6.45) is 0. The van der Waals surface area contributed by atoms with E-state index in [0.717, 1.165) is 0 Å². The van der Waals surface area contributed by atoms with Crippen molar-refractivity contribution in [2.75, 3.05) is 38.6 Å². The average molecular weight is 466 g/mol. The summed E-state index contributed by atoms with van der Waals surface area (Å²) in [5.41, 5.74) is 2.25. The summed E-state index contributed by atoms with van der Waals surface area (Å²) in [6.45, 7) is 4.15. The molecule has 3 aromatic rings. The maximum Gasteiger partial charge on any atom is 0.255 e. The molecule has 2 aromatic carbocycles. The zero-order valence-electron chi connectivity index (χ0n) is 19.6. The molecule has 34 heavy (non-hydrogen) atoms. The van der Waals surface area contributed by atoms with Crippen molar-refractivity contribution in [3.05, 3.63) is 53.2 Å². The molecule has 0 spiro atoms. The van der Waals surface area contributed by atoms with Gasteiger partial charge in [0.25, 0.3) is 5.91 Å². The average Bonchev–Trinajstić information content (AvgIpc) is 3.31. The maximum absolute atomic E-state index is 13.6. The highest BCUT2D eigenvalue weighted by Gasteiger charge is 2.35. The van der Waals surface area contributed by atoms with Crippen LogP contribution in [-0.2, 0) is 4.79 Å². The first kappa shape index (κ1) is 22.9. The molecule has 2 N–H and O–H groups in total. The number of nitrogens with one attached hydrogen (secondary N) is 2. The normalized spacial score (nSPS) is 14.7. The fourth-order valence-corrected chi connectivity index (χ4v) is 3.91. The second-order valence-electron chi connectivity index (χ2n) is 7.36. The van der Waals surface area contributed by atoms with Gasteiger partial charge in [-0.05, 0) is 54.1 Å². The van der Waals surface area contributed by atoms with E-state index in [0.29, 0.717) is 58.1 Å². The minimum atomic E-state index is -0.667. The Morgan fingerprint density at radius 3 is 2.44 bits per heavy atom. The number of benzene rings is 2. The van der Waals surface area contributed by atoms with E-state index in [-0.39, 0.29) is 5.91 Å². The molecule has 2 heterocycles. The lowest BCUT2D eigenvalue weighted by Gasteiger charge is -2.29. The number of rotatable bonds is 8. The summed E-state index contributed by atoms with van der Waals surface area (Å²) >= 11 is 0. The van der Waals surface area contributed by atoms with Crippen LogP contribution in [0.2, 0.25) is 0 Å². The molecule has 1 aromatic heterocycles. The summed E-state index contributed by atoms with van der Waals surface area (Å²) in [5.74, 6) is 1.98. The van der Waals surface area contributed by atoms with Gasteiger partial charge in [-0.15, -0.1) is 0 Å². The highest BCUT2D eigenvalue weighted by atomic mass is 16.5. The number of para-hydroxylation sites is 2. The van der Waals surface area contributed by atoms with Crippen LogP contribution in [-0.4, -0.2) is 54.1 Å². The van der Waals surface area contributed by atoms with Gasteiger partial charge in [-0.3, -0.25) is 4.79 Å². The van der Waals surface area contributed by atoms with Gasteiger partial charge >= 0.3 is 0 Å². The molecule has 1 unspecified atom stereocenters. The maximum atomic E-state index is 13.6. The Morgan fingerprint density at radius 1 is 1.09 bits per heavy atom. The first-order chi connectivity index (χ1) is 16.5. The van der Waals surface area contributed by atoms with Gasteiger partial charge in [-0.1, -0.05) is 17.2 Å². The number of hydrogen-bond acceptors (Lipinski definition) is 9. The zero-order valence-corrected chi connectivity index (χ0v) is 19.6. The Bertz CT molecular complexity index is 1210. The third kappa shape index (κ3) is 4.07. The Kier molecular flexibility index (Phi) is 6.53. The van der Waals surface area contributed by atoms with Crippen molar-refractivity contribution >= 4 is 17.5 Å². The second-order valence-corrected chi connectivity index (χ2v) is 7.36. The van der Waals surface area contributed by atoms with Crippen LogP contribution < -0.4 is 29.6 Å². The molecule has 0 saturated heterocycles. The molecular formula is C23H26N6O5. The third-order valence-electron chi connectivity index (χ3n) is 5.40. The van der Waals surface area contributed by atoms with E-state index in [9.17, 15) is 4.79 Å². The lowest BCUT2D eigenvalue weighted by Crippen LogP contribution is -2.31. The SMILES string of the molecule is CCOc1ccccc1NC(=O)C1=C(C)Nc2nnnn2C1c1cc(OC)c(OC)c(OC)c1. The number of anilines is 2. The van der Waals surface area contributed by atoms with Crippen molar-refractivity contribution in [3.63, 3.8) is 0 Å². The molecule has 0 aliphatic carbocycles. The molecule has 0 saturated carbocycles. The zero-order chi connectivity index (χ0) is 24.2. The number of hydrogen-bond donors (Lipinski definition) is 2. The van der Waals surface area contributed by atoms with Gasteiger partial charge in [0.1, 0.15) is 11.8 Å². The first-order valence-corrected chi connectivity index (χ1v) is 10.6. The summed E-state index contributed by atoms with van der Waals surface area (Å²) in [4.78, 5) is 13.6. The molecule has 0 radical (unpaired) electrons. The highest BCUT2D eigenvalue weighted by molar-refractivity contribution is 6.06. The molecule has 0 bridgehead atoms.